The van der Waals surface area contributed by atoms with Crippen LogP contribution >= 0.6 is 0 Å². The molecule has 0 spiro atoms. The Hall–Kier alpha value is -0.320. The smallest absolute Gasteiger partial charge is 0.261 e. The molecule has 0 aliphatic carbocycles. The lowest BCUT2D eigenvalue weighted by atomic mass is 10.4. The molecule has 10 heavy (non-hydrogen) atoms. The van der Waals surface area contributed by atoms with Crippen LogP contribution in [0.3, 0.4) is 0 Å². The van der Waals surface area contributed by atoms with Crippen LogP contribution in [0.2, 0.25) is 0 Å². The van der Waals surface area contributed by atoms with Gasteiger partial charge in [0.2, 0.25) is 5.85 Å². The zero-order valence-corrected chi connectivity index (χ0v) is 5.41. The summed E-state index contributed by atoms with van der Waals surface area (Å²) < 4.78 is 50.1. The molecule has 0 radical (unpaired) electrons. The van der Waals surface area contributed by atoms with Gasteiger partial charge in [0, 0.05) is 0 Å². The van der Waals surface area contributed by atoms with Gasteiger partial charge in [-0.05, 0) is 6.92 Å². The third kappa shape index (κ3) is 4.55. The Bertz CT molecular complexity index is 93.6. The molecular weight excluding hydrogens is 152 g/mol. The van der Waals surface area contributed by atoms with Crippen molar-refractivity contribution in [1.82, 2.24) is 0 Å². The lowest BCUT2D eigenvalue weighted by molar-refractivity contribution is -0.165. The van der Waals surface area contributed by atoms with E-state index in [-0.39, 0.29) is 0 Å². The SMILES string of the molecule is CC(F)(CF)OCC(F)F. The van der Waals surface area contributed by atoms with Crippen molar-refractivity contribution in [2.24, 2.45) is 0 Å². The Morgan fingerprint density at radius 3 is 2.30 bits per heavy atom. The maximum atomic E-state index is 12.2. The Balaban J connectivity index is 3.46. The van der Waals surface area contributed by atoms with Crippen LogP contribution in [0.25, 0.3) is 0 Å². The molecule has 0 aliphatic heterocycles. The van der Waals surface area contributed by atoms with E-state index in [4.69, 9.17) is 0 Å². The van der Waals surface area contributed by atoms with Crippen LogP contribution < -0.4 is 0 Å². The van der Waals surface area contributed by atoms with Crippen LogP contribution in [0.5, 0.6) is 0 Å². The molecule has 0 bridgehead atoms. The fraction of sp³-hybridized carbons (Fsp3) is 1.00. The highest BCUT2D eigenvalue weighted by atomic mass is 19.3. The molecule has 0 rings (SSSR count). The van der Waals surface area contributed by atoms with E-state index in [0.29, 0.717) is 0 Å². The monoisotopic (exact) mass is 160 g/mol. The van der Waals surface area contributed by atoms with E-state index in [0.717, 1.165) is 6.92 Å². The molecule has 0 N–H and O–H groups in total. The van der Waals surface area contributed by atoms with Crippen LogP contribution in [0.1, 0.15) is 6.92 Å². The fourth-order valence-electron chi connectivity index (χ4n) is 0.275. The number of alkyl halides is 4. The molecule has 5 heteroatoms. The first-order valence-corrected chi connectivity index (χ1v) is 2.65. The summed E-state index contributed by atoms with van der Waals surface area (Å²) >= 11 is 0. The summed E-state index contributed by atoms with van der Waals surface area (Å²) in [5, 5.41) is 0. The minimum absolute atomic E-state index is 0.759. The van der Waals surface area contributed by atoms with Gasteiger partial charge in [0.1, 0.15) is 13.3 Å². The summed E-state index contributed by atoms with van der Waals surface area (Å²) in [6, 6.07) is 0. The Morgan fingerprint density at radius 2 is 2.00 bits per heavy atom. The van der Waals surface area contributed by atoms with Gasteiger partial charge >= 0.3 is 0 Å². The third-order valence-electron chi connectivity index (χ3n) is 0.749. The standard InChI is InChI=1S/C5H8F4O/c1-5(9,3-6)10-2-4(7)8/h4H,2-3H2,1H3. The third-order valence-corrected chi connectivity index (χ3v) is 0.749. The molecule has 62 valence electrons. The minimum atomic E-state index is -2.76. The molecule has 0 amide bonds. The van der Waals surface area contributed by atoms with Crippen molar-refractivity contribution < 1.29 is 22.3 Å². The van der Waals surface area contributed by atoms with Gasteiger partial charge in [-0.25, -0.2) is 17.6 Å². The number of halogens is 4. The quantitative estimate of drug-likeness (QED) is 0.571. The summed E-state index contributed by atoms with van der Waals surface area (Å²) in [5.74, 6) is -2.57. The molecule has 0 aromatic heterocycles. The highest BCUT2D eigenvalue weighted by Gasteiger charge is 2.24. The van der Waals surface area contributed by atoms with Crippen molar-refractivity contribution in [1.29, 1.82) is 0 Å². The first kappa shape index (κ1) is 9.68. The van der Waals surface area contributed by atoms with Gasteiger partial charge in [-0.2, -0.15) is 0 Å². The minimum Gasteiger partial charge on any atom is -0.338 e. The summed E-state index contributed by atoms with van der Waals surface area (Å²) in [6.45, 7) is -1.73. The van der Waals surface area contributed by atoms with Gasteiger partial charge in [0.25, 0.3) is 6.43 Å². The van der Waals surface area contributed by atoms with E-state index in [9.17, 15) is 17.6 Å². The maximum Gasteiger partial charge on any atom is 0.261 e. The lowest BCUT2D eigenvalue weighted by Gasteiger charge is -2.16. The average Bonchev–Trinajstić information content (AvgIpc) is 1.85. The van der Waals surface area contributed by atoms with Crippen molar-refractivity contribution in [3.8, 4) is 0 Å². The second-order valence-corrected chi connectivity index (χ2v) is 1.94. The summed E-state index contributed by atoms with van der Waals surface area (Å²) in [6.07, 6.45) is -2.76. The molecule has 0 aromatic carbocycles. The van der Waals surface area contributed by atoms with Gasteiger partial charge in [0.05, 0.1) is 0 Å². The van der Waals surface area contributed by atoms with Gasteiger partial charge in [-0.1, -0.05) is 0 Å². The number of hydrogen-bond donors (Lipinski definition) is 0. The molecule has 0 aromatic rings. The van der Waals surface area contributed by atoms with E-state index < -0.39 is 25.6 Å². The second-order valence-electron chi connectivity index (χ2n) is 1.94. The second kappa shape index (κ2) is 3.75. The van der Waals surface area contributed by atoms with Crippen LogP contribution in [-0.2, 0) is 4.74 Å². The summed E-state index contributed by atoms with van der Waals surface area (Å²) in [4.78, 5) is 0. The number of rotatable bonds is 4. The van der Waals surface area contributed by atoms with Crippen LogP contribution in [0.4, 0.5) is 17.6 Å². The highest BCUT2D eigenvalue weighted by Crippen LogP contribution is 2.13. The number of hydrogen-bond acceptors (Lipinski definition) is 1. The van der Waals surface area contributed by atoms with Crippen molar-refractivity contribution in [2.75, 3.05) is 13.3 Å². The van der Waals surface area contributed by atoms with E-state index in [2.05, 4.69) is 4.74 Å². The summed E-state index contributed by atoms with van der Waals surface area (Å²) in [5.41, 5.74) is 0. The van der Waals surface area contributed by atoms with Gasteiger partial charge in [-0.15, -0.1) is 0 Å². The predicted molar refractivity (Wildman–Crippen MR) is 27.4 cm³/mol. The fourth-order valence-corrected chi connectivity index (χ4v) is 0.275. The van der Waals surface area contributed by atoms with E-state index in [1.807, 2.05) is 0 Å². The maximum absolute atomic E-state index is 12.2. The molecule has 0 fully saturated rings. The van der Waals surface area contributed by atoms with Crippen LogP contribution in [0.15, 0.2) is 0 Å². The Kier molecular flexibility index (Phi) is 3.63. The first-order valence-electron chi connectivity index (χ1n) is 2.65. The van der Waals surface area contributed by atoms with Crippen molar-refractivity contribution in [3.05, 3.63) is 0 Å². The van der Waals surface area contributed by atoms with E-state index in [1.165, 1.54) is 0 Å². The van der Waals surface area contributed by atoms with Crippen molar-refractivity contribution in [3.63, 3.8) is 0 Å². The lowest BCUT2D eigenvalue weighted by Crippen LogP contribution is -2.27. The molecular formula is C5H8F4O. The molecule has 0 saturated heterocycles. The average molecular weight is 160 g/mol. The zero-order valence-electron chi connectivity index (χ0n) is 5.41. The van der Waals surface area contributed by atoms with Gasteiger partial charge in [-0.3, -0.25) is 0 Å². The Morgan fingerprint density at radius 1 is 1.50 bits per heavy atom. The zero-order chi connectivity index (χ0) is 8.20. The van der Waals surface area contributed by atoms with Crippen molar-refractivity contribution >= 4 is 0 Å². The van der Waals surface area contributed by atoms with E-state index in [1.54, 1.807) is 0 Å². The molecule has 0 saturated carbocycles. The normalized spacial score (nSPS) is 17.4. The topological polar surface area (TPSA) is 9.23 Å². The number of ether oxygens (including phenoxy) is 1. The van der Waals surface area contributed by atoms with E-state index >= 15 is 0 Å². The van der Waals surface area contributed by atoms with Gasteiger partial charge in [0.15, 0.2) is 0 Å². The largest absolute Gasteiger partial charge is 0.338 e. The molecule has 1 unspecified atom stereocenters. The molecule has 0 heterocycles. The van der Waals surface area contributed by atoms with Gasteiger partial charge < -0.3 is 4.74 Å². The Labute approximate surface area is 56.0 Å². The van der Waals surface area contributed by atoms with Crippen molar-refractivity contribution in [2.45, 2.75) is 19.2 Å². The van der Waals surface area contributed by atoms with Crippen LogP contribution in [-0.4, -0.2) is 25.6 Å². The van der Waals surface area contributed by atoms with Crippen LogP contribution in [0, 0.1) is 0 Å². The molecule has 1 atom stereocenters. The highest BCUT2D eigenvalue weighted by molar-refractivity contribution is 4.57. The summed E-state index contributed by atoms with van der Waals surface area (Å²) in [7, 11) is 0. The predicted octanol–water partition coefficient (Wildman–Crippen LogP) is 1.92. The molecule has 1 nitrogen and oxygen atoms in total. The molecule has 0 aliphatic rings. The first-order chi connectivity index (χ1) is 4.48.